The quantitative estimate of drug-likeness (QED) is 0.514. The zero-order valence-corrected chi connectivity index (χ0v) is 19.4. The molecule has 2 N–H and O–H groups in total. The largest absolute Gasteiger partial charge is 0.457 e. The van der Waals surface area contributed by atoms with Crippen LogP contribution in [0.3, 0.4) is 0 Å². The maximum absolute atomic E-state index is 12.0. The van der Waals surface area contributed by atoms with Crippen molar-refractivity contribution in [2.75, 3.05) is 0 Å². The van der Waals surface area contributed by atoms with E-state index in [1.807, 2.05) is 0 Å². The first kappa shape index (κ1) is 22.8. The lowest BCUT2D eigenvalue weighted by molar-refractivity contribution is -0.125. The summed E-state index contributed by atoms with van der Waals surface area (Å²) in [5, 5.41) is 4.57. The summed E-state index contributed by atoms with van der Waals surface area (Å²) in [6.45, 7) is 3.24. The number of amides is 4. The molecule has 0 aromatic heterocycles. The molecule has 0 bridgehead atoms. The van der Waals surface area contributed by atoms with Gasteiger partial charge in [0.2, 0.25) is 0 Å². The van der Waals surface area contributed by atoms with Gasteiger partial charge in [-0.3, -0.25) is 29.8 Å². The molecule has 8 nitrogen and oxygen atoms in total. The molecule has 0 fully saturated rings. The van der Waals surface area contributed by atoms with Crippen LogP contribution in [0.1, 0.15) is 25.0 Å². The molecule has 2 aliphatic heterocycles. The summed E-state index contributed by atoms with van der Waals surface area (Å²) in [6.07, 6.45) is 0. The molecule has 0 radical (unpaired) electrons. The highest BCUT2D eigenvalue weighted by Gasteiger charge is 2.28. The first-order chi connectivity index (χ1) is 17.3. The number of hydrogen-bond acceptors (Lipinski definition) is 6. The fraction of sp³-hybridized carbons (Fsp3) is 0.0714. The standard InChI is InChI=1S/C28H20N2O6/c1-15-23(27(33)29-25(15)31)17-3-7-19(8-4-17)35-21-11-13-22(14-12-21)36-20-9-5-18(6-10-20)24-16(2)26(32)30-28(24)34/h3-14H,1-2H3,(H,29,31,33)(H,30,32,34). The van der Waals surface area contributed by atoms with E-state index in [-0.39, 0.29) is 11.8 Å². The molecule has 5 rings (SSSR count). The van der Waals surface area contributed by atoms with Gasteiger partial charge in [0.1, 0.15) is 23.0 Å². The molecule has 178 valence electrons. The van der Waals surface area contributed by atoms with Crippen LogP contribution < -0.4 is 20.1 Å². The second kappa shape index (κ2) is 8.99. The molecule has 2 aliphatic rings. The molecular formula is C28H20N2O6. The first-order valence-electron chi connectivity index (χ1n) is 11.1. The number of carbonyl (C=O) groups excluding carboxylic acids is 4. The van der Waals surface area contributed by atoms with E-state index >= 15 is 0 Å². The van der Waals surface area contributed by atoms with E-state index in [4.69, 9.17) is 9.47 Å². The van der Waals surface area contributed by atoms with E-state index in [2.05, 4.69) is 10.6 Å². The number of benzene rings is 3. The molecule has 0 saturated carbocycles. The van der Waals surface area contributed by atoms with Gasteiger partial charge < -0.3 is 9.47 Å². The van der Waals surface area contributed by atoms with Gasteiger partial charge in [0.05, 0.1) is 11.1 Å². The number of carbonyl (C=O) groups is 4. The van der Waals surface area contributed by atoms with Crippen molar-refractivity contribution in [2.45, 2.75) is 13.8 Å². The van der Waals surface area contributed by atoms with Crippen molar-refractivity contribution >= 4 is 34.8 Å². The number of hydrogen-bond donors (Lipinski definition) is 2. The van der Waals surface area contributed by atoms with Gasteiger partial charge in [-0.25, -0.2) is 0 Å². The van der Waals surface area contributed by atoms with Crippen molar-refractivity contribution in [1.29, 1.82) is 0 Å². The van der Waals surface area contributed by atoms with E-state index < -0.39 is 11.8 Å². The van der Waals surface area contributed by atoms with Gasteiger partial charge in [0, 0.05) is 11.1 Å². The first-order valence-corrected chi connectivity index (χ1v) is 11.1. The number of rotatable bonds is 6. The lowest BCUT2D eigenvalue weighted by Gasteiger charge is -2.10. The van der Waals surface area contributed by atoms with Crippen LogP contribution in [0, 0.1) is 0 Å². The highest BCUT2D eigenvalue weighted by atomic mass is 16.5. The average Bonchev–Trinajstić information content (AvgIpc) is 3.27. The van der Waals surface area contributed by atoms with E-state index in [0.717, 1.165) is 0 Å². The predicted molar refractivity (Wildman–Crippen MR) is 131 cm³/mol. The normalized spacial score (nSPS) is 15.4. The lowest BCUT2D eigenvalue weighted by Crippen LogP contribution is -2.22. The second-order valence-electron chi connectivity index (χ2n) is 8.29. The maximum atomic E-state index is 12.0. The van der Waals surface area contributed by atoms with E-state index in [0.29, 0.717) is 56.4 Å². The highest BCUT2D eigenvalue weighted by molar-refractivity contribution is 6.36. The van der Waals surface area contributed by atoms with E-state index in [1.165, 1.54) is 0 Å². The molecule has 0 atom stereocenters. The Hall–Kier alpha value is -4.98. The third-order valence-electron chi connectivity index (χ3n) is 5.92. The van der Waals surface area contributed by atoms with Crippen LogP contribution in [0.25, 0.3) is 11.1 Å². The molecule has 8 heteroatoms. The molecule has 0 saturated heterocycles. The number of ether oxygens (including phenoxy) is 2. The Balaban J connectivity index is 1.23. The number of imide groups is 2. The molecule has 0 aliphatic carbocycles. The van der Waals surface area contributed by atoms with Crippen molar-refractivity contribution in [3.05, 3.63) is 95.1 Å². The summed E-state index contributed by atoms with van der Waals surface area (Å²) in [6, 6.07) is 20.9. The Morgan fingerprint density at radius 2 is 0.722 bits per heavy atom. The minimum Gasteiger partial charge on any atom is -0.457 e. The third-order valence-corrected chi connectivity index (χ3v) is 5.92. The van der Waals surface area contributed by atoms with Crippen LogP contribution in [-0.2, 0) is 19.2 Å². The highest BCUT2D eigenvalue weighted by Crippen LogP contribution is 2.31. The van der Waals surface area contributed by atoms with Crippen LogP contribution in [0.5, 0.6) is 23.0 Å². The number of nitrogens with one attached hydrogen (secondary N) is 2. The predicted octanol–water partition coefficient (Wildman–Crippen LogP) is 4.13. The Labute approximate surface area is 206 Å². The Kier molecular flexibility index (Phi) is 5.69. The van der Waals surface area contributed by atoms with Crippen LogP contribution in [0.4, 0.5) is 0 Å². The fourth-order valence-corrected chi connectivity index (χ4v) is 4.01. The molecule has 0 spiro atoms. The van der Waals surface area contributed by atoms with Crippen LogP contribution >= 0.6 is 0 Å². The van der Waals surface area contributed by atoms with E-state index in [1.54, 1.807) is 86.6 Å². The Morgan fingerprint density at radius 3 is 0.972 bits per heavy atom. The van der Waals surface area contributed by atoms with Crippen LogP contribution in [0.2, 0.25) is 0 Å². The smallest absolute Gasteiger partial charge is 0.259 e. The fourth-order valence-electron chi connectivity index (χ4n) is 4.01. The lowest BCUT2D eigenvalue weighted by atomic mass is 10.0. The minimum atomic E-state index is -0.400. The zero-order valence-electron chi connectivity index (χ0n) is 19.4. The summed E-state index contributed by atoms with van der Waals surface area (Å²) in [5.41, 5.74) is 2.81. The molecule has 36 heavy (non-hydrogen) atoms. The Bertz CT molecular complexity index is 1370. The van der Waals surface area contributed by atoms with Crippen molar-refractivity contribution in [2.24, 2.45) is 0 Å². The summed E-state index contributed by atoms with van der Waals surface area (Å²) in [5.74, 6) is 0.779. The van der Waals surface area contributed by atoms with Crippen LogP contribution in [-0.4, -0.2) is 23.6 Å². The molecule has 2 heterocycles. The topological polar surface area (TPSA) is 111 Å². The third kappa shape index (κ3) is 4.27. The second-order valence-corrected chi connectivity index (χ2v) is 8.29. The maximum Gasteiger partial charge on any atom is 0.259 e. The monoisotopic (exact) mass is 480 g/mol. The van der Waals surface area contributed by atoms with Gasteiger partial charge in [-0.1, -0.05) is 24.3 Å². The van der Waals surface area contributed by atoms with Gasteiger partial charge in [-0.2, -0.15) is 0 Å². The van der Waals surface area contributed by atoms with Crippen molar-refractivity contribution in [3.63, 3.8) is 0 Å². The molecular weight excluding hydrogens is 460 g/mol. The zero-order chi connectivity index (χ0) is 25.4. The van der Waals surface area contributed by atoms with Gasteiger partial charge in [-0.15, -0.1) is 0 Å². The summed E-state index contributed by atoms with van der Waals surface area (Å²) < 4.78 is 11.7. The van der Waals surface area contributed by atoms with Crippen molar-refractivity contribution in [1.82, 2.24) is 10.6 Å². The minimum absolute atomic E-state index is 0.368. The van der Waals surface area contributed by atoms with Gasteiger partial charge in [-0.05, 0) is 73.5 Å². The SMILES string of the molecule is CC1=C(c2ccc(Oc3ccc(Oc4ccc(C5=C(C)C(=O)NC5=O)cc4)cc3)cc2)C(=O)NC1=O. The van der Waals surface area contributed by atoms with Crippen LogP contribution in [0.15, 0.2) is 83.9 Å². The van der Waals surface area contributed by atoms with Gasteiger partial charge in [0.25, 0.3) is 23.6 Å². The molecule has 0 unspecified atom stereocenters. The summed E-state index contributed by atoms with van der Waals surface area (Å²) in [7, 11) is 0. The van der Waals surface area contributed by atoms with Crippen molar-refractivity contribution < 1.29 is 28.7 Å². The van der Waals surface area contributed by atoms with Crippen molar-refractivity contribution in [3.8, 4) is 23.0 Å². The Morgan fingerprint density at radius 1 is 0.444 bits per heavy atom. The summed E-state index contributed by atoms with van der Waals surface area (Å²) in [4.78, 5) is 47.3. The van der Waals surface area contributed by atoms with E-state index in [9.17, 15) is 19.2 Å². The molecule has 3 aromatic carbocycles. The van der Waals surface area contributed by atoms with Gasteiger partial charge >= 0.3 is 0 Å². The van der Waals surface area contributed by atoms with Gasteiger partial charge in [0.15, 0.2) is 0 Å². The molecule has 4 amide bonds. The molecule has 3 aromatic rings. The summed E-state index contributed by atoms with van der Waals surface area (Å²) >= 11 is 0. The average molecular weight is 480 g/mol.